The molecule has 6 aromatic carbocycles. The van der Waals surface area contributed by atoms with Crippen LogP contribution in [0.5, 0.6) is 0 Å². The van der Waals surface area contributed by atoms with E-state index in [0.29, 0.717) is 0 Å². The Bertz CT molecular complexity index is 2330. The minimum Gasteiger partial charge on any atom is -0.457 e. The van der Waals surface area contributed by atoms with Crippen LogP contribution < -0.4 is 0 Å². The Hall–Kier alpha value is -5.61. The molecule has 6 aromatic rings. The van der Waals surface area contributed by atoms with Gasteiger partial charge < -0.3 is 52.5 Å². The second-order valence-electron chi connectivity index (χ2n) is 16.8. The van der Waals surface area contributed by atoms with Crippen LogP contribution in [0.3, 0.4) is 0 Å². The highest BCUT2D eigenvalue weighted by Gasteiger charge is 2.53. The first-order valence-corrected chi connectivity index (χ1v) is 23.1. The van der Waals surface area contributed by atoms with E-state index in [2.05, 4.69) is 0 Å². The summed E-state index contributed by atoms with van der Waals surface area (Å²) in [5.74, 6) is -0.508. The molecule has 2 aliphatic rings. The lowest BCUT2D eigenvalue weighted by Gasteiger charge is -2.31. The van der Waals surface area contributed by atoms with Crippen LogP contribution in [0.4, 0.5) is 0 Å². The van der Waals surface area contributed by atoms with Gasteiger partial charge in [0.2, 0.25) is 0 Å². The zero-order valence-corrected chi connectivity index (χ0v) is 38.2. The Morgan fingerprint density at radius 1 is 0.441 bits per heavy atom. The summed E-state index contributed by atoms with van der Waals surface area (Å²) >= 11 is 0. The third kappa shape index (κ3) is 14.2. The predicted octanol–water partition coefficient (Wildman–Crippen LogP) is 8.52. The molecule has 0 radical (unpaired) electrons. The van der Waals surface area contributed by atoms with Crippen molar-refractivity contribution in [3.05, 3.63) is 215 Å². The Labute approximate surface area is 398 Å². The van der Waals surface area contributed by atoms with Crippen LogP contribution in [0.1, 0.15) is 40.3 Å². The number of aliphatic hydroxyl groups is 1. The maximum atomic E-state index is 12.8. The largest absolute Gasteiger partial charge is 0.457 e. The van der Waals surface area contributed by atoms with Crippen molar-refractivity contribution in [1.82, 2.24) is 0 Å². The average Bonchev–Trinajstić information content (AvgIpc) is 3.90. The van der Waals surface area contributed by atoms with Gasteiger partial charge in [0.05, 0.1) is 52.9 Å². The van der Waals surface area contributed by atoms with E-state index in [-0.39, 0.29) is 52.9 Å². The minimum atomic E-state index is -1.35. The molecule has 1 N–H and O–H groups in total. The highest BCUT2D eigenvalue weighted by molar-refractivity contribution is 5.66. The fourth-order valence-electron chi connectivity index (χ4n) is 8.33. The highest BCUT2D eigenvalue weighted by Crippen LogP contribution is 2.35. The number of ether oxygens (including phenoxy) is 10. The van der Waals surface area contributed by atoms with Gasteiger partial charge in [-0.15, -0.1) is 0 Å². The quantitative estimate of drug-likeness (QED) is 0.0553. The van der Waals surface area contributed by atoms with Crippen LogP contribution >= 0.6 is 0 Å². The van der Waals surface area contributed by atoms with Crippen LogP contribution in [0.15, 0.2) is 182 Å². The fraction of sp³-hybridized carbons (Fsp3) is 0.339. The van der Waals surface area contributed by atoms with E-state index in [1.165, 1.54) is 6.92 Å². The van der Waals surface area contributed by atoms with Gasteiger partial charge in [-0.05, 0) is 33.4 Å². The first-order valence-electron chi connectivity index (χ1n) is 23.1. The number of aliphatic hydroxyl groups excluding tert-OH is 1. The number of hydrogen-bond donors (Lipinski definition) is 1. The molecule has 356 valence electrons. The topological polar surface area (TPSA) is 130 Å². The third-order valence-corrected chi connectivity index (χ3v) is 11.7. The molecular formula is C56H60O12. The van der Waals surface area contributed by atoms with Crippen molar-refractivity contribution in [2.75, 3.05) is 13.2 Å². The summed E-state index contributed by atoms with van der Waals surface area (Å²) in [4.78, 5) is 12.8. The van der Waals surface area contributed by atoms with Gasteiger partial charge in [-0.3, -0.25) is 4.79 Å². The molecule has 2 aliphatic heterocycles. The number of carbonyl (C=O) groups excluding carboxylic acids is 1. The Balaban J connectivity index is 1.09. The van der Waals surface area contributed by atoms with Gasteiger partial charge in [0, 0.05) is 6.92 Å². The summed E-state index contributed by atoms with van der Waals surface area (Å²) in [6, 6.07) is 58.6. The minimum absolute atomic E-state index is 0.00385. The predicted molar refractivity (Wildman–Crippen MR) is 252 cm³/mol. The molecule has 12 heteroatoms. The van der Waals surface area contributed by atoms with Crippen LogP contribution in [-0.2, 0) is 91.8 Å². The van der Waals surface area contributed by atoms with Gasteiger partial charge in [0.1, 0.15) is 42.7 Å². The molecule has 0 spiro atoms. The molecular weight excluding hydrogens is 865 g/mol. The molecule has 2 heterocycles. The van der Waals surface area contributed by atoms with E-state index in [1.807, 2.05) is 182 Å². The average molecular weight is 925 g/mol. The molecule has 8 rings (SSSR count). The number of carbonyl (C=O) groups is 1. The Morgan fingerprint density at radius 3 is 1.25 bits per heavy atom. The number of rotatable bonds is 25. The molecule has 10 atom stereocenters. The van der Waals surface area contributed by atoms with Gasteiger partial charge in [-0.25, -0.2) is 0 Å². The lowest BCUT2D eigenvalue weighted by atomic mass is 10.0. The van der Waals surface area contributed by atoms with Crippen LogP contribution in [0.25, 0.3) is 0 Å². The molecule has 0 saturated carbocycles. The summed E-state index contributed by atoms with van der Waals surface area (Å²) in [5, 5.41) is 11.6. The zero-order valence-electron chi connectivity index (χ0n) is 38.2. The first kappa shape index (κ1) is 48.8. The van der Waals surface area contributed by atoms with E-state index >= 15 is 0 Å². The molecule has 0 aliphatic carbocycles. The molecule has 2 saturated heterocycles. The first-order chi connectivity index (χ1) is 33.5. The summed E-state index contributed by atoms with van der Waals surface area (Å²) < 4.78 is 65.5. The fourth-order valence-corrected chi connectivity index (χ4v) is 8.33. The van der Waals surface area contributed by atoms with Gasteiger partial charge in [0.25, 0.3) is 0 Å². The molecule has 0 amide bonds. The normalized spacial score (nSPS) is 23.3. The summed E-state index contributed by atoms with van der Waals surface area (Å²) in [5.41, 5.74) is 5.61. The summed E-state index contributed by atoms with van der Waals surface area (Å²) in [6.45, 7) is 2.60. The van der Waals surface area contributed by atoms with Crippen LogP contribution in [-0.4, -0.2) is 85.7 Å². The molecule has 68 heavy (non-hydrogen) atoms. The summed E-state index contributed by atoms with van der Waals surface area (Å²) in [6.07, 6.45) is -9.25. The monoisotopic (exact) mass is 924 g/mol. The Kier molecular flexibility index (Phi) is 18.4. The summed E-state index contributed by atoms with van der Waals surface area (Å²) in [7, 11) is 0. The van der Waals surface area contributed by atoms with Crippen molar-refractivity contribution in [2.24, 2.45) is 0 Å². The van der Waals surface area contributed by atoms with E-state index in [9.17, 15) is 9.90 Å². The molecule has 12 nitrogen and oxygen atoms in total. The van der Waals surface area contributed by atoms with Crippen molar-refractivity contribution in [3.8, 4) is 0 Å². The van der Waals surface area contributed by atoms with Crippen molar-refractivity contribution >= 4 is 5.97 Å². The van der Waals surface area contributed by atoms with Crippen LogP contribution in [0.2, 0.25) is 0 Å². The van der Waals surface area contributed by atoms with Crippen molar-refractivity contribution in [3.63, 3.8) is 0 Å². The second-order valence-corrected chi connectivity index (χ2v) is 16.8. The van der Waals surface area contributed by atoms with Gasteiger partial charge in [0.15, 0.2) is 18.7 Å². The number of hydrogen-bond acceptors (Lipinski definition) is 12. The van der Waals surface area contributed by atoms with Crippen molar-refractivity contribution < 1.29 is 57.3 Å². The lowest BCUT2D eigenvalue weighted by molar-refractivity contribution is -0.224. The van der Waals surface area contributed by atoms with E-state index in [1.54, 1.807) is 0 Å². The smallest absolute Gasteiger partial charge is 0.303 e. The van der Waals surface area contributed by atoms with Gasteiger partial charge in [-0.2, -0.15) is 0 Å². The second kappa shape index (κ2) is 25.7. The van der Waals surface area contributed by atoms with E-state index in [4.69, 9.17) is 47.4 Å². The molecule has 1 unspecified atom stereocenters. The third-order valence-electron chi connectivity index (χ3n) is 11.7. The molecule has 2 fully saturated rings. The number of benzene rings is 6. The van der Waals surface area contributed by atoms with Crippen molar-refractivity contribution in [1.29, 1.82) is 0 Å². The van der Waals surface area contributed by atoms with E-state index < -0.39 is 67.4 Å². The molecule has 0 bridgehead atoms. The van der Waals surface area contributed by atoms with Crippen LogP contribution in [0, 0.1) is 0 Å². The SMILES string of the molecule is CC(=O)O[C@H](COCc1ccccc1)[C@@H]1OC(OC[C@@H](OCc2ccccc2)[C@@H]2O[C@@H](O)[C@H](OCc3ccccc3)[C@H]2OCc2ccccc2)[C@H](OCc2ccccc2)[C@H]1OCc1ccccc1. The number of esters is 1. The van der Waals surface area contributed by atoms with Gasteiger partial charge >= 0.3 is 5.97 Å². The maximum absolute atomic E-state index is 12.8. The highest BCUT2D eigenvalue weighted by atomic mass is 16.7. The van der Waals surface area contributed by atoms with E-state index in [0.717, 1.165) is 33.4 Å². The maximum Gasteiger partial charge on any atom is 0.303 e. The Morgan fingerprint density at radius 2 is 0.809 bits per heavy atom. The zero-order chi connectivity index (χ0) is 46.8. The lowest BCUT2D eigenvalue weighted by Crippen LogP contribution is -2.46. The molecule has 0 aromatic heterocycles. The van der Waals surface area contributed by atoms with Crippen molar-refractivity contribution in [2.45, 2.75) is 108 Å². The standard InChI is InChI=1S/C56H60O12/c1-40(57)66-48(38-59-32-41-20-8-2-9-21-41)50-52(62-35-44-26-14-5-15-27-44)54(64-37-46-30-18-7-19-31-46)56(68-50)65-39-47(60-33-42-22-10-3-11-23-42)49-51(61-34-43-24-12-4-13-25-43)53(55(58)67-49)63-36-45-28-16-6-17-29-45/h2-31,47-56,58H,32-39H2,1H3/t47-,48-,49+,50+,51+,52+,53-,54-,55-,56?/m1/s1. The van der Waals surface area contributed by atoms with Gasteiger partial charge in [-0.1, -0.05) is 182 Å².